The fourth-order valence-electron chi connectivity index (χ4n) is 1.43. The molecule has 0 saturated carbocycles. The largest absolute Gasteiger partial charge is 0.293 e. The van der Waals surface area contributed by atoms with Gasteiger partial charge in [-0.05, 0) is 25.9 Å². The second-order valence-electron chi connectivity index (χ2n) is 2.71. The van der Waals surface area contributed by atoms with Crippen LogP contribution in [0.3, 0.4) is 0 Å². The van der Waals surface area contributed by atoms with Gasteiger partial charge in [-0.2, -0.15) is 0 Å². The SMILES string of the molecule is C=CC(C=C)N1CCCC1. The first-order valence-corrected chi connectivity index (χ1v) is 3.87. The average Bonchev–Trinajstić information content (AvgIpc) is 2.43. The Morgan fingerprint density at radius 2 is 1.60 bits per heavy atom. The van der Waals surface area contributed by atoms with Crippen LogP contribution >= 0.6 is 0 Å². The zero-order chi connectivity index (χ0) is 7.40. The van der Waals surface area contributed by atoms with Crippen molar-refractivity contribution in [2.75, 3.05) is 13.1 Å². The van der Waals surface area contributed by atoms with E-state index in [0.717, 1.165) is 0 Å². The number of rotatable bonds is 3. The molecular weight excluding hydrogens is 122 g/mol. The first-order valence-electron chi connectivity index (χ1n) is 3.87. The van der Waals surface area contributed by atoms with Crippen molar-refractivity contribution in [1.82, 2.24) is 4.90 Å². The minimum absolute atomic E-state index is 0.405. The summed E-state index contributed by atoms with van der Waals surface area (Å²) in [6.07, 6.45) is 6.58. The summed E-state index contributed by atoms with van der Waals surface area (Å²) in [6, 6.07) is 0.405. The third-order valence-corrected chi connectivity index (χ3v) is 2.05. The summed E-state index contributed by atoms with van der Waals surface area (Å²) in [4.78, 5) is 2.40. The van der Waals surface area contributed by atoms with Gasteiger partial charge in [0.1, 0.15) is 0 Å². The first kappa shape index (κ1) is 7.55. The Morgan fingerprint density at radius 3 is 2.00 bits per heavy atom. The van der Waals surface area contributed by atoms with Crippen LogP contribution in [0.1, 0.15) is 12.8 Å². The predicted octanol–water partition coefficient (Wildman–Crippen LogP) is 1.82. The van der Waals surface area contributed by atoms with Gasteiger partial charge in [0.05, 0.1) is 0 Å². The van der Waals surface area contributed by atoms with Gasteiger partial charge in [-0.25, -0.2) is 0 Å². The van der Waals surface area contributed by atoms with Crippen LogP contribution in [0.4, 0.5) is 0 Å². The van der Waals surface area contributed by atoms with Crippen LogP contribution in [0.2, 0.25) is 0 Å². The summed E-state index contributed by atoms with van der Waals surface area (Å²) >= 11 is 0. The lowest BCUT2D eigenvalue weighted by molar-refractivity contribution is 0.323. The molecule has 10 heavy (non-hydrogen) atoms. The Kier molecular flexibility index (Phi) is 2.69. The van der Waals surface area contributed by atoms with Crippen molar-refractivity contribution in [2.24, 2.45) is 0 Å². The summed E-state index contributed by atoms with van der Waals surface area (Å²) in [5.41, 5.74) is 0. The molecule has 56 valence electrons. The number of hydrogen-bond acceptors (Lipinski definition) is 1. The highest BCUT2D eigenvalue weighted by molar-refractivity contribution is 5.00. The summed E-state index contributed by atoms with van der Waals surface area (Å²) in [7, 11) is 0. The monoisotopic (exact) mass is 137 g/mol. The third-order valence-electron chi connectivity index (χ3n) is 2.05. The van der Waals surface area contributed by atoms with E-state index in [9.17, 15) is 0 Å². The van der Waals surface area contributed by atoms with Crippen LogP contribution in [0.5, 0.6) is 0 Å². The minimum atomic E-state index is 0.405. The van der Waals surface area contributed by atoms with E-state index in [-0.39, 0.29) is 0 Å². The Balaban J connectivity index is 2.43. The van der Waals surface area contributed by atoms with Crippen molar-refractivity contribution < 1.29 is 0 Å². The molecule has 1 heterocycles. The smallest absolute Gasteiger partial charge is 0.0456 e. The molecule has 0 radical (unpaired) electrons. The van der Waals surface area contributed by atoms with E-state index in [1.807, 2.05) is 12.2 Å². The molecule has 0 atom stereocenters. The molecule has 0 amide bonds. The molecule has 0 aromatic rings. The zero-order valence-electron chi connectivity index (χ0n) is 6.42. The Labute approximate surface area is 63.0 Å². The van der Waals surface area contributed by atoms with Gasteiger partial charge in [-0.1, -0.05) is 12.2 Å². The van der Waals surface area contributed by atoms with Gasteiger partial charge in [0.15, 0.2) is 0 Å². The Bertz CT molecular complexity index is 115. The van der Waals surface area contributed by atoms with Gasteiger partial charge in [0.2, 0.25) is 0 Å². The summed E-state index contributed by atoms with van der Waals surface area (Å²) in [6.45, 7) is 9.95. The molecule has 0 unspecified atom stereocenters. The lowest BCUT2D eigenvalue weighted by Crippen LogP contribution is -2.28. The normalized spacial score (nSPS) is 19.7. The van der Waals surface area contributed by atoms with Crippen LogP contribution in [-0.4, -0.2) is 24.0 Å². The second kappa shape index (κ2) is 3.57. The Morgan fingerprint density at radius 1 is 1.10 bits per heavy atom. The molecule has 1 aliphatic rings. The lowest BCUT2D eigenvalue weighted by atomic mass is 10.2. The Hall–Kier alpha value is -0.560. The van der Waals surface area contributed by atoms with Crippen molar-refractivity contribution in [1.29, 1.82) is 0 Å². The van der Waals surface area contributed by atoms with Crippen molar-refractivity contribution >= 4 is 0 Å². The van der Waals surface area contributed by atoms with Crippen molar-refractivity contribution in [3.63, 3.8) is 0 Å². The maximum absolute atomic E-state index is 3.76. The number of hydrogen-bond donors (Lipinski definition) is 0. The topological polar surface area (TPSA) is 3.24 Å². The number of likely N-dealkylation sites (tertiary alicyclic amines) is 1. The van der Waals surface area contributed by atoms with Crippen molar-refractivity contribution in [3.8, 4) is 0 Å². The van der Waals surface area contributed by atoms with Gasteiger partial charge >= 0.3 is 0 Å². The molecule has 0 spiro atoms. The van der Waals surface area contributed by atoms with E-state index in [4.69, 9.17) is 0 Å². The minimum Gasteiger partial charge on any atom is -0.293 e. The van der Waals surface area contributed by atoms with Crippen LogP contribution < -0.4 is 0 Å². The molecule has 1 aliphatic heterocycles. The third kappa shape index (κ3) is 1.48. The van der Waals surface area contributed by atoms with E-state index < -0.39 is 0 Å². The summed E-state index contributed by atoms with van der Waals surface area (Å²) in [5, 5.41) is 0. The van der Waals surface area contributed by atoms with Crippen LogP contribution in [0.25, 0.3) is 0 Å². The molecule has 0 aliphatic carbocycles. The van der Waals surface area contributed by atoms with Gasteiger partial charge < -0.3 is 0 Å². The van der Waals surface area contributed by atoms with Crippen LogP contribution in [0.15, 0.2) is 25.3 Å². The summed E-state index contributed by atoms with van der Waals surface area (Å²) < 4.78 is 0. The molecule has 1 saturated heterocycles. The quantitative estimate of drug-likeness (QED) is 0.536. The van der Waals surface area contributed by atoms with E-state index in [2.05, 4.69) is 18.1 Å². The maximum Gasteiger partial charge on any atom is 0.0456 e. The predicted molar refractivity (Wildman–Crippen MR) is 45.0 cm³/mol. The van der Waals surface area contributed by atoms with E-state index in [1.165, 1.54) is 25.9 Å². The van der Waals surface area contributed by atoms with Gasteiger partial charge in [-0.3, -0.25) is 4.90 Å². The zero-order valence-corrected chi connectivity index (χ0v) is 6.42. The second-order valence-corrected chi connectivity index (χ2v) is 2.71. The average molecular weight is 137 g/mol. The van der Waals surface area contributed by atoms with Gasteiger partial charge in [0, 0.05) is 6.04 Å². The molecule has 1 fully saturated rings. The lowest BCUT2D eigenvalue weighted by Gasteiger charge is -2.20. The highest BCUT2D eigenvalue weighted by Gasteiger charge is 2.15. The highest BCUT2D eigenvalue weighted by Crippen LogP contribution is 2.12. The van der Waals surface area contributed by atoms with Crippen molar-refractivity contribution in [3.05, 3.63) is 25.3 Å². The fraction of sp³-hybridized carbons (Fsp3) is 0.556. The van der Waals surface area contributed by atoms with E-state index in [1.54, 1.807) is 0 Å². The highest BCUT2D eigenvalue weighted by atomic mass is 15.2. The molecule has 1 nitrogen and oxygen atoms in total. The molecule has 0 bridgehead atoms. The molecule has 0 aromatic heterocycles. The molecule has 1 rings (SSSR count). The van der Waals surface area contributed by atoms with Crippen LogP contribution in [-0.2, 0) is 0 Å². The van der Waals surface area contributed by atoms with Gasteiger partial charge in [-0.15, -0.1) is 13.2 Å². The van der Waals surface area contributed by atoms with E-state index in [0.29, 0.717) is 6.04 Å². The molecular formula is C9H15N. The summed E-state index contributed by atoms with van der Waals surface area (Å²) in [5.74, 6) is 0. The fourth-order valence-corrected chi connectivity index (χ4v) is 1.43. The van der Waals surface area contributed by atoms with Gasteiger partial charge in [0.25, 0.3) is 0 Å². The first-order chi connectivity index (χ1) is 4.88. The molecule has 0 N–H and O–H groups in total. The maximum atomic E-state index is 3.76. The van der Waals surface area contributed by atoms with Crippen LogP contribution in [0, 0.1) is 0 Å². The number of nitrogens with zero attached hydrogens (tertiary/aromatic N) is 1. The molecule has 0 aromatic carbocycles. The van der Waals surface area contributed by atoms with E-state index >= 15 is 0 Å². The molecule has 1 heteroatoms. The standard InChI is InChI=1S/C9H15N/c1-3-9(4-2)10-7-5-6-8-10/h3-4,9H,1-2,5-8H2. The van der Waals surface area contributed by atoms with Crippen molar-refractivity contribution in [2.45, 2.75) is 18.9 Å².